The van der Waals surface area contributed by atoms with Crippen LogP contribution in [-0.2, 0) is 11.2 Å². The highest BCUT2D eigenvalue weighted by atomic mass is 16.2. The zero-order valence-electron chi connectivity index (χ0n) is 11.6. The molecule has 3 heteroatoms. The zero-order valence-corrected chi connectivity index (χ0v) is 11.6. The van der Waals surface area contributed by atoms with Crippen LogP contribution in [0.25, 0.3) is 0 Å². The summed E-state index contributed by atoms with van der Waals surface area (Å²) in [4.78, 5) is 14.1. The van der Waals surface area contributed by atoms with Crippen LogP contribution in [0.15, 0.2) is 30.3 Å². The highest BCUT2D eigenvalue weighted by Gasteiger charge is 2.20. The van der Waals surface area contributed by atoms with Gasteiger partial charge in [0.15, 0.2) is 0 Å². The molecule has 0 aliphatic carbocycles. The second kappa shape index (κ2) is 7.17. The monoisotopic (exact) mass is 248 g/mol. The maximum atomic E-state index is 12.2. The van der Waals surface area contributed by atoms with E-state index < -0.39 is 6.04 Å². The summed E-state index contributed by atoms with van der Waals surface area (Å²) in [5, 5.41) is 0. The minimum absolute atomic E-state index is 0.0510. The fourth-order valence-electron chi connectivity index (χ4n) is 2.01. The van der Waals surface area contributed by atoms with Gasteiger partial charge in [0, 0.05) is 13.1 Å². The predicted molar refractivity (Wildman–Crippen MR) is 75.2 cm³/mol. The Hall–Kier alpha value is -1.35. The molecule has 3 nitrogen and oxygen atoms in total. The Morgan fingerprint density at radius 3 is 2.39 bits per heavy atom. The molecule has 0 aliphatic rings. The van der Waals surface area contributed by atoms with Crippen molar-refractivity contribution in [3.05, 3.63) is 35.9 Å². The molecule has 1 rings (SSSR count). The van der Waals surface area contributed by atoms with E-state index in [4.69, 9.17) is 5.73 Å². The minimum Gasteiger partial charge on any atom is -0.341 e. The summed E-state index contributed by atoms with van der Waals surface area (Å²) >= 11 is 0. The number of amides is 1. The molecule has 0 saturated heterocycles. The van der Waals surface area contributed by atoms with Crippen LogP contribution < -0.4 is 5.73 Å². The van der Waals surface area contributed by atoms with Gasteiger partial charge in [-0.1, -0.05) is 44.2 Å². The average molecular weight is 248 g/mol. The molecule has 0 bridgehead atoms. The number of rotatable bonds is 6. The molecule has 1 aromatic rings. The average Bonchev–Trinajstić information content (AvgIpc) is 2.36. The zero-order chi connectivity index (χ0) is 13.5. The Morgan fingerprint density at radius 1 is 1.28 bits per heavy atom. The Morgan fingerprint density at radius 2 is 1.89 bits per heavy atom. The minimum atomic E-state index is -0.439. The van der Waals surface area contributed by atoms with Crippen LogP contribution in [0.1, 0.15) is 26.3 Å². The van der Waals surface area contributed by atoms with E-state index in [9.17, 15) is 4.79 Å². The number of nitrogens with zero attached hydrogens (tertiary/aromatic N) is 1. The molecule has 2 N–H and O–H groups in total. The van der Waals surface area contributed by atoms with Crippen LogP contribution in [0.3, 0.4) is 0 Å². The molecule has 0 aliphatic heterocycles. The summed E-state index contributed by atoms with van der Waals surface area (Å²) in [5.74, 6) is 0.521. The predicted octanol–water partition coefficient (Wildman–Crippen LogP) is 2.06. The second-order valence-electron chi connectivity index (χ2n) is 5.07. The molecule has 18 heavy (non-hydrogen) atoms. The molecule has 0 heterocycles. The molecule has 0 aromatic heterocycles. The van der Waals surface area contributed by atoms with E-state index >= 15 is 0 Å². The molecule has 100 valence electrons. The number of nitrogens with two attached hydrogens (primary N) is 1. The molecule has 0 unspecified atom stereocenters. The lowest BCUT2D eigenvalue weighted by Gasteiger charge is -2.26. The van der Waals surface area contributed by atoms with E-state index in [1.165, 1.54) is 0 Å². The largest absolute Gasteiger partial charge is 0.341 e. The Labute approximate surface area is 110 Å². The standard InChI is InChI=1S/C15H24N2O/c1-4-17(11-12(2)3)15(18)14(16)10-13-8-6-5-7-9-13/h5-9,12,14H,4,10-11,16H2,1-3H3/t14-/m1/s1. The molecular formula is C15H24N2O. The van der Waals surface area contributed by atoms with Gasteiger partial charge in [-0.15, -0.1) is 0 Å². The normalized spacial score (nSPS) is 12.5. The van der Waals surface area contributed by atoms with Crippen molar-refractivity contribution in [1.29, 1.82) is 0 Å². The van der Waals surface area contributed by atoms with Crippen molar-refractivity contribution in [3.63, 3.8) is 0 Å². The third-order valence-corrected chi connectivity index (χ3v) is 2.89. The smallest absolute Gasteiger partial charge is 0.239 e. The Kier molecular flexibility index (Phi) is 5.86. The van der Waals surface area contributed by atoms with E-state index in [0.29, 0.717) is 12.3 Å². The first-order chi connectivity index (χ1) is 8.54. The van der Waals surface area contributed by atoms with Crippen molar-refractivity contribution < 1.29 is 4.79 Å². The molecule has 1 aromatic carbocycles. The first kappa shape index (κ1) is 14.7. The number of carbonyl (C=O) groups is 1. The summed E-state index contributed by atoms with van der Waals surface area (Å²) in [6, 6.07) is 9.48. The van der Waals surface area contributed by atoms with Crippen LogP contribution in [-0.4, -0.2) is 29.9 Å². The number of carbonyl (C=O) groups excluding carboxylic acids is 1. The number of benzene rings is 1. The van der Waals surface area contributed by atoms with E-state index in [0.717, 1.165) is 18.7 Å². The van der Waals surface area contributed by atoms with Gasteiger partial charge in [0.1, 0.15) is 0 Å². The lowest BCUT2D eigenvalue weighted by Crippen LogP contribution is -2.46. The third-order valence-electron chi connectivity index (χ3n) is 2.89. The van der Waals surface area contributed by atoms with Gasteiger partial charge in [-0.05, 0) is 24.8 Å². The van der Waals surface area contributed by atoms with Gasteiger partial charge in [0.05, 0.1) is 6.04 Å². The van der Waals surface area contributed by atoms with Crippen molar-refractivity contribution in [2.45, 2.75) is 33.2 Å². The van der Waals surface area contributed by atoms with E-state index in [1.807, 2.05) is 42.2 Å². The summed E-state index contributed by atoms with van der Waals surface area (Å²) in [7, 11) is 0. The topological polar surface area (TPSA) is 46.3 Å². The van der Waals surface area contributed by atoms with Crippen LogP contribution in [0, 0.1) is 5.92 Å². The first-order valence-electron chi connectivity index (χ1n) is 6.62. The van der Waals surface area contributed by atoms with Crippen molar-refractivity contribution >= 4 is 5.91 Å². The molecule has 0 spiro atoms. The maximum Gasteiger partial charge on any atom is 0.239 e. The van der Waals surface area contributed by atoms with Gasteiger partial charge in [-0.3, -0.25) is 4.79 Å². The fraction of sp³-hybridized carbons (Fsp3) is 0.533. The van der Waals surface area contributed by atoms with Crippen molar-refractivity contribution in [2.75, 3.05) is 13.1 Å². The molecule has 0 radical (unpaired) electrons. The first-order valence-corrected chi connectivity index (χ1v) is 6.62. The lowest BCUT2D eigenvalue weighted by molar-refractivity contribution is -0.132. The Bertz CT molecular complexity index is 362. The van der Waals surface area contributed by atoms with E-state index in [1.54, 1.807) is 0 Å². The van der Waals surface area contributed by atoms with Crippen molar-refractivity contribution in [2.24, 2.45) is 11.7 Å². The number of hydrogen-bond acceptors (Lipinski definition) is 2. The SMILES string of the molecule is CCN(CC(C)C)C(=O)[C@H](N)Cc1ccccc1. The Balaban J connectivity index is 2.59. The highest BCUT2D eigenvalue weighted by Crippen LogP contribution is 2.06. The van der Waals surface area contributed by atoms with Gasteiger partial charge >= 0.3 is 0 Å². The van der Waals surface area contributed by atoms with Gasteiger partial charge in [-0.25, -0.2) is 0 Å². The molecule has 1 atom stereocenters. The highest BCUT2D eigenvalue weighted by molar-refractivity contribution is 5.82. The molecular weight excluding hydrogens is 224 g/mol. The molecule has 0 fully saturated rings. The lowest BCUT2D eigenvalue weighted by atomic mass is 10.1. The van der Waals surface area contributed by atoms with Gasteiger partial charge in [0.25, 0.3) is 0 Å². The quantitative estimate of drug-likeness (QED) is 0.837. The van der Waals surface area contributed by atoms with Gasteiger partial charge < -0.3 is 10.6 Å². The van der Waals surface area contributed by atoms with Crippen LogP contribution in [0.4, 0.5) is 0 Å². The summed E-state index contributed by atoms with van der Waals surface area (Å²) in [6.07, 6.45) is 0.605. The fourth-order valence-corrected chi connectivity index (χ4v) is 2.01. The van der Waals surface area contributed by atoms with Crippen molar-refractivity contribution in [3.8, 4) is 0 Å². The number of likely N-dealkylation sites (N-methyl/N-ethyl adjacent to an activating group) is 1. The van der Waals surface area contributed by atoms with Gasteiger partial charge in [0.2, 0.25) is 5.91 Å². The maximum absolute atomic E-state index is 12.2. The molecule has 1 amide bonds. The van der Waals surface area contributed by atoms with Gasteiger partial charge in [-0.2, -0.15) is 0 Å². The second-order valence-corrected chi connectivity index (χ2v) is 5.07. The third kappa shape index (κ3) is 4.49. The van der Waals surface area contributed by atoms with E-state index in [2.05, 4.69) is 13.8 Å². The van der Waals surface area contributed by atoms with Crippen molar-refractivity contribution in [1.82, 2.24) is 4.90 Å². The number of hydrogen-bond donors (Lipinski definition) is 1. The van der Waals surface area contributed by atoms with Crippen LogP contribution in [0.5, 0.6) is 0 Å². The summed E-state index contributed by atoms with van der Waals surface area (Å²) < 4.78 is 0. The molecule has 0 saturated carbocycles. The van der Waals surface area contributed by atoms with E-state index in [-0.39, 0.29) is 5.91 Å². The summed E-state index contributed by atoms with van der Waals surface area (Å²) in [5.41, 5.74) is 7.12. The van der Waals surface area contributed by atoms with Crippen LogP contribution >= 0.6 is 0 Å². The summed E-state index contributed by atoms with van der Waals surface area (Å²) in [6.45, 7) is 7.71. The van der Waals surface area contributed by atoms with Crippen LogP contribution in [0.2, 0.25) is 0 Å².